The highest BCUT2D eigenvalue weighted by Crippen LogP contribution is 2.28. The highest BCUT2D eigenvalue weighted by atomic mass is 79.9. The third-order valence-electron chi connectivity index (χ3n) is 2.77. The van der Waals surface area contributed by atoms with E-state index < -0.39 is 5.92 Å². The molecule has 1 atom stereocenters. The lowest BCUT2D eigenvalue weighted by molar-refractivity contribution is -0.142. The molecule has 4 nitrogen and oxygen atoms in total. The van der Waals surface area contributed by atoms with Crippen molar-refractivity contribution in [3.8, 4) is 0 Å². The number of esters is 1. The topological polar surface area (TPSA) is 68.1 Å². The molecule has 3 N–H and O–H groups in total. The van der Waals surface area contributed by atoms with Gasteiger partial charge in [-0.15, -0.1) is 0 Å². The third kappa shape index (κ3) is 2.21. The van der Waals surface area contributed by atoms with Crippen molar-refractivity contribution in [3.05, 3.63) is 34.4 Å². The Bertz CT molecular complexity index is 550. The molecular formula is C12H13BrN2O2. The second kappa shape index (κ2) is 4.89. The molecule has 0 aliphatic carbocycles. The van der Waals surface area contributed by atoms with Gasteiger partial charge in [-0.25, -0.2) is 0 Å². The van der Waals surface area contributed by atoms with Crippen molar-refractivity contribution in [3.63, 3.8) is 0 Å². The molecule has 90 valence electrons. The van der Waals surface area contributed by atoms with Crippen molar-refractivity contribution in [2.45, 2.75) is 5.92 Å². The van der Waals surface area contributed by atoms with Gasteiger partial charge < -0.3 is 15.5 Å². The number of ether oxygens (including phenoxy) is 1. The summed E-state index contributed by atoms with van der Waals surface area (Å²) in [5.74, 6) is -0.739. The van der Waals surface area contributed by atoms with E-state index in [-0.39, 0.29) is 12.5 Å². The van der Waals surface area contributed by atoms with Crippen LogP contribution >= 0.6 is 15.9 Å². The van der Waals surface area contributed by atoms with Gasteiger partial charge in [0.2, 0.25) is 0 Å². The van der Waals surface area contributed by atoms with E-state index in [4.69, 9.17) is 10.5 Å². The highest BCUT2D eigenvalue weighted by molar-refractivity contribution is 9.10. The Morgan fingerprint density at radius 2 is 2.35 bits per heavy atom. The first kappa shape index (κ1) is 12.1. The van der Waals surface area contributed by atoms with Crippen LogP contribution in [0.25, 0.3) is 10.9 Å². The van der Waals surface area contributed by atoms with Gasteiger partial charge in [0.05, 0.1) is 13.0 Å². The fourth-order valence-corrected chi connectivity index (χ4v) is 2.26. The number of H-pyrrole nitrogens is 1. The zero-order valence-electron chi connectivity index (χ0n) is 9.37. The lowest BCUT2D eigenvalue weighted by Crippen LogP contribution is -2.22. The second-order valence-electron chi connectivity index (χ2n) is 3.75. The number of benzene rings is 1. The second-order valence-corrected chi connectivity index (χ2v) is 4.66. The molecule has 1 heterocycles. The molecule has 0 fully saturated rings. The molecular weight excluding hydrogens is 284 g/mol. The minimum atomic E-state index is -0.428. The Hall–Kier alpha value is -1.33. The summed E-state index contributed by atoms with van der Waals surface area (Å²) in [5, 5.41) is 0.986. The van der Waals surface area contributed by atoms with Crippen LogP contribution in [0.2, 0.25) is 0 Å². The van der Waals surface area contributed by atoms with Crippen molar-refractivity contribution in [1.29, 1.82) is 0 Å². The van der Waals surface area contributed by atoms with E-state index in [1.807, 2.05) is 24.4 Å². The first-order chi connectivity index (χ1) is 8.17. The quantitative estimate of drug-likeness (QED) is 0.853. The van der Waals surface area contributed by atoms with E-state index in [2.05, 4.69) is 20.9 Å². The fourth-order valence-electron chi connectivity index (χ4n) is 1.90. The van der Waals surface area contributed by atoms with Crippen LogP contribution in [0.1, 0.15) is 11.5 Å². The van der Waals surface area contributed by atoms with Gasteiger partial charge >= 0.3 is 5.97 Å². The van der Waals surface area contributed by atoms with Crippen molar-refractivity contribution in [1.82, 2.24) is 4.98 Å². The maximum absolute atomic E-state index is 11.6. The summed E-state index contributed by atoms with van der Waals surface area (Å²) in [6, 6.07) is 5.86. The number of hydrogen-bond acceptors (Lipinski definition) is 3. The lowest BCUT2D eigenvalue weighted by Gasteiger charge is -2.11. The van der Waals surface area contributed by atoms with E-state index in [0.717, 1.165) is 20.9 Å². The van der Waals surface area contributed by atoms with E-state index in [9.17, 15) is 4.79 Å². The van der Waals surface area contributed by atoms with Gasteiger partial charge in [0.1, 0.15) is 0 Å². The number of halogens is 1. The van der Waals surface area contributed by atoms with Crippen LogP contribution in [0, 0.1) is 0 Å². The number of aromatic amines is 1. The number of carbonyl (C=O) groups is 1. The maximum Gasteiger partial charge on any atom is 0.314 e. The Balaban J connectivity index is 2.53. The lowest BCUT2D eigenvalue weighted by atomic mass is 9.99. The van der Waals surface area contributed by atoms with Gasteiger partial charge in [0, 0.05) is 28.1 Å². The van der Waals surface area contributed by atoms with Crippen LogP contribution in [0.15, 0.2) is 28.9 Å². The summed E-state index contributed by atoms with van der Waals surface area (Å²) < 4.78 is 5.73. The molecule has 0 aliphatic heterocycles. The van der Waals surface area contributed by atoms with Crippen LogP contribution in [-0.4, -0.2) is 24.6 Å². The van der Waals surface area contributed by atoms with Crippen LogP contribution in [0.3, 0.4) is 0 Å². The van der Waals surface area contributed by atoms with E-state index in [0.29, 0.717) is 0 Å². The summed E-state index contributed by atoms with van der Waals surface area (Å²) in [5.41, 5.74) is 7.49. The SMILES string of the molecule is COC(=O)[C@H](CN)c1c[nH]c2ccc(Br)cc12. The zero-order valence-corrected chi connectivity index (χ0v) is 11.0. The molecule has 1 aromatic heterocycles. The molecule has 2 rings (SSSR count). The van der Waals surface area contributed by atoms with Crippen LogP contribution < -0.4 is 5.73 Å². The Morgan fingerprint density at radius 3 is 3.00 bits per heavy atom. The molecule has 0 saturated heterocycles. The van der Waals surface area contributed by atoms with Crippen molar-refractivity contribution in [2.24, 2.45) is 5.73 Å². The number of carbonyl (C=O) groups excluding carboxylic acids is 1. The van der Waals surface area contributed by atoms with Crippen molar-refractivity contribution >= 4 is 32.8 Å². The molecule has 17 heavy (non-hydrogen) atoms. The molecule has 0 radical (unpaired) electrons. The third-order valence-corrected chi connectivity index (χ3v) is 3.27. The van der Waals surface area contributed by atoms with Gasteiger partial charge in [-0.2, -0.15) is 0 Å². The molecule has 0 aliphatic rings. The number of methoxy groups -OCH3 is 1. The van der Waals surface area contributed by atoms with Gasteiger partial charge in [0.25, 0.3) is 0 Å². The number of fused-ring (bicyclic) bond motifs is 1. The van der Waals surface area contributed by atoms with Gasteiger partial charge in [-0.05, 0) is 23.8 Å². The number of nitrogens with two attached hydrogens (primary N) is 1. The summed E-state index contributed by atoms with van der Waals surface area (Å²) in [4.78, 5) is 14.8. The first-order valence-electron chi connectivity index (χ1n) is 5.21. The van der Waals surface area contributed by atoms with Crippen LogP contribution in [-0.2, 0) is 9.53 Å². The summed E-state index contributed by atoms with van der Waals surface area (Å²) >= 11 is 3.42. The molecule has 0 amide bonds. The highest BCUT2D eigenvalue weighted by Gasteiger charge is 2.22. The van der Waals surface area contributed by atoms with E-state index >= 15 is 0 Å². The molecule has 0 unspecified atom stereocenters. The normalized spacial score (nSPS) is 12.6. The summed E-state index contributed by atoms with van der Waals surface area (Å²) in [6.07, 6.45) is 1.81. The predicted molar refractivity (Wildman–Crippen MR) is 69.8 cm³/mol. The van der Waals surface area contributed by atoms with E-state index in [1.165, 1.54) is 7.11 Å². The first-order valence-corrected chi connectivity index (χ1v) is 6.01. The minimum Gasteiger partial charge on any atom is -0.469 e. The van der Waals surface area contributed by atoms with Crippen LogP contribution in [0.5, 0.6) is 0 Å². The van der Waals surface area contributed by atoms with Crippen LogP contribution in [0.4, 0.5) is 0 Å². The largest absolute Gasteiger partial charge is 0.469 e. The Morgan fingerprint density at radius 1 is 1.59 bits per heavy atom. The van der Waals surface area contributed by atoms with E-state index in [1.54, 1.807) is 0 Å². The molecule has 5 heteroatoms. The standard InChI is InChI=1S/C12H13BrN2O2/c1-17-12(16)9(5-14)10-6-15-11-3-2-7(13)4-8(10)11/h2-4,6,9,15H,5,14H2,1H3/t9-/m1/s1. The molecule has 0 saturated carbocycles. The Labute approximate surface area is 107 Å². The van der Waals surface area contributed by atoms with Gasteiger partial charge in [-0.1, -0.05) is 15.9 Å². The average Bonchev–Trinajstić information content (AvgIpc) is 2.73. The summed E-state index contributed by atoms with van der Waals surface area (Å²) in [7, 11) is 1.37. The molecule has 0 bridgehead atoms. The molecule has 2 aromatic rings. The number of hydrogen-bond donors (Lipinski definition) is 2. The Kier molecular flexibility index (Phi) is 3.49. The average molecular weight is 297 g/mol. The van der Waals surface area contributed by atoms with Crippen molar-refractivity contribution < 1.29 is 9.53 Å². The monoisotopic (exact) mass is 296 g/mol. The van der Waals surface area contributed by atoms with Crippen molar-refractivity contribution in [2.75, 3.05) is 13.7 Å². The number of aromatic nitrogens is 1. The maximum atomic E-state index is 11.6. The molecule has 1 aromatic carbocycles. The minimum absolute atomic E-state index is 0.228. The van der Waals surface area contributed by atoms with Gasteiger partial charge in [-0.3, -0.25) is 4.79 Å². The molecule has 0 spiro atoms. The zero-order chi connectivity index (χ0) is 12.4. The summed E-state index contributed by atoms with van der Waals surface area (Å²) in [6.45, 7) is 0.228. The smallest absolute Gasteiger partial charge is 0.314 e. The predicted octanol–water partition coefficient (Wildman–Crippen LogP) is 2.15. The van der Waals surface area contributed by atoms with Gasteiger partial charge in [0.15, 0.2) is 0 Å². The number of rotatable bonds is 3. The number of nitrogens with one attached hydrogen (secondary N) is 1. The fraction of sp³-hybridized carbons (Fsp3) is 0.250.